The highest BCUT2D eigenvalue weighted by molar-refractivity contribution is 5.97. The molecule has 2 aromatic rings. The molecule has 1 atom stereocenters. The van der Waals surface area contributed by atoms with Crippen LogP contribution >= 0.6 is 24.8 Å². The van der Waals surface area contributed by atoms with Gasteiger partial charge in [-0.3, -0.25) is 14.8 Å². The van der Waals surface area contributed by atoms with Crippen molar-refractivity contribution in [1.29, 1.82) is 0 Å². The van der Waals surface area contributed by atoms with Crippen molar-refractivity contribution < 1.29 is 14.8 Å². The lowest BCUT2D eigenvalue weighted by atomic mass is 9.95. The number of nitrogens with two attached hydrogens (primary N) is 1. The van der Waals surface area contributed by atoms with Crippen molar-refractivity contribution in [1.82, 2.24) is 16.1 Å². The first-order chi connectivity index (χ1) is 14.8. The summed E-state index contributed by atoms with van der Waals surface area (Å²) in [6, 6.07) is 14.5. The summed E-state index contributed by atoms with van der Waals surface area (Å²) in [5, 5.41) is 14.9. The second-order valence-electron chi connectivity index (χ2n) is 8.38. The Hall–Kier alpha value is -2.60. The van der Waals surface area contributed by atoms with Crippen LogP contribution in [0.15, 0.2) is 48.5 Å². The minimum absolute atomic E-state index is 0. The Labute approximate surface area is 206 Å². The van der Waals surface area contributed by atoms with Gasteiger partial charge in [-0.25, -0.2) is 5.48 Å². The van der Waals surface area contributed by atoms with Crippen molar-refractivity contribution in [2.45, 2.75) is 50.9 Å². The lowest BCUT2D eigenvalue weighted by molar-refractivity contribution is -0.132. The van der Waals surface area contributed by atoms with Crippen molar-refractivity contribution in [2.75, 3.05) is 0 Å². The molecule has 33 heavy (non-hydrogen) atoms. The van der Waals surface area contributed by atoms with E-state index in [1.165, 1.54) is 23.9 Å². The SMILES string of the molecule is CC(C)(N)[C@H](NC(=O)c1ccc(C#Cc2ccc(CNC3CC3)cc2)cc1)C(=O)NO.Cl.Cl. The summed E-state index contributed by atoms with van der Waals surface area (Å²) in [4.78, 5) is 24.3. The molecule has 7 nitrogen and oxygen atoms in total. The number of carbonyl (C=O) groups is 2. The molecule has 0 spiro atoms. The van der Waals surface area contributed by atoms with E-state index in [2.05, 4.69) is 34.6 Å². The maximum Gasteiger partial charge on any atom is 0.267 e. The smallest absolute Gasteiger partial charge is 0.267 e. The van der Waals surface area contributed by atoms with Crippen molar-refractivity contribution in [3.05, 3.63) is 70.8 Å². The number of halogens is 2. The third-order valence-electron chi connectivity index (χ3n) is 5.02. The number of hydroxylamine groups is 1. The van der Waals surface area contributed by atoms with E-state index >= 15 is 0 Å². The highest BCUT2D eigenvalue weighted by Gasteiger charge is 2.33. The van der Waals surface area contributed by atoms with Crippen LogP contribution in [0.1, 0.15) is 53.7 Å². The van der Waals surface area contributed by atoms with Gasteiger partial charge in [0.25, 0.3) is 11.8 Å². The molecule has 0 radical (unpaired) electrons. The Morgan fingerprint density at radius 3 is 2.00 bits per heavy atom. The summed E-state index contributed by atoms with van der Waals surface area (Å²) >= 11 is 0. The summed E-state index contributed by atoms with van der Waals surface area (Å²) in [5.41, 5.74) is 9.69. The predicted octanol–water partition coefficient (Wildman–Crippen LogP) is 2.52. The van der Waals surface area contributed by atoms with Gasteiger partial charge < -0.3 is 16.4 Å². The van der Waals surface area contributed by atoms with E-state index in [9.17, 15) is 9.59 Å². The molecule has 3 rings (SSSR count). The van der Waals surface area contributed by atoms with Gasteiger partial charge in [-0.05, 0) is 68.7 Å². The molecule has 1 aliphatic rings. The predicted molar refractivity (Wildman–Crippen MR) is 133 cm³/mol. The standard InChI is InChI=1S/C24H28N4O3.2ClH/c1-24(2,25)21(23(30)28-31)27-22(29)19-11-9-17(10-12-19)4-3-16-5-7-18(8-6-16)15-26-20-13-14-20;;/h5-12,20-21,26,31H,13-15,25H2,1-2H3,(H,27,29)(H,28,30);2*1H/t21-;;/m1../s1. The van der Waals surface area contributed by atoms with Crippen LogP contribution in [0.5, 0.6) is 0 Å². The van der Waals surface area contributed by atoms with Crippen molar-refractivity contribution in [2.24, 2.45) is 5.73 Å². The van der Waals surface area contributed by atoms with E-state index in [0.717, 1.165) is 17.7 Å². The summed E-state index contributed by atoms with van der Waals surface area (Å²) in [6.07, 6.45) is 2.54. The fourth-order valence-electron chi connectivity index (χ4n) is 2.97. The maximum absolute atomic E-state index is 12.5. The molecule has 1 fully saturated rings. The number of amides is 2. The quantitative estimate of drug-likeness (QED) is 0.231. The van der Waals surface area contributed by atoms with Crippen LogP contribution in [0.2, 0.25) is 0 Å². The Kier molecular flexibility index (Phi) is 10.8. The van der Waals surface area contributed by atoms with Crippen LogP contribution in [0.25, 0.3) is 0 Å². The first kappa shape index (κ1) is 28.4. The lowest BCUT2D eigenvalue weighted by Crippen LogP contribution is -2.61. The third kappa shape index (κ3) is 8.69. The molecule has 1 saturated carbocycles. The second kappa shape index (κ2) is 12.6. The van der Waals surface area contributed by atoms with Crippen molar-refractivity contribution >= 4 is 36.6 Å². The topological polar surface area (TPSA) is 116 Å². The van der Waals surface area contributed by atoms with Gasteiger partial charge in [-0.15, -0.1) is 24.8 Å². The molecule has 0 saturated heterocycles. The maximum atomic E-state index is 12.5. The van der Waals surface area contributed by atoms with Crippen molar-refractivity contribution in [3.63, 3.8) is 0 Å². The molecule has 9 heteroatoms. The third-order valence-corrected chi connectivity index (χ3v) is 5.02. The average Bonchev–Trinajstić information content (AvgIpc) is 3.59. The molecule has 2 aromatic carbocycles. The van der Waals surface area contributed by atoms with Gasteiger partial charge in [0, 0.05) is 34.8 Å². The molecule has 0 aliphatic heterocycles. The Morgan fingerprint density at radius 1 is 1.03 bits per heavy atom. The summed E-state index contributed by atoms with van der Waals surface area (Å²) in [6.45, 7) is 4.05. The molecule has 1 aliphatic carbocycles. The largest absolute Gasteiger partial charge is 0.338 e. The normalized spacial score (nSPS) is 13.3. The van der Waals surface area contributed by atoms with Gasteiger partial charge in [0.05, 0.1) is 0 Å². The van der Waals surface area contributed by atoms with Crippen LogP contribution < -0.4 is 21.8 Å². The summed E-state index contributed by atoms with van der Waals surface area (Å²) in [5.74, 6) is 4.95. The Bertz CT molecular complexity index is 990. The van der Waals surface area contributed by atoms with Crippen LogP contribution in [-0.4, -0.2) is 34.6 Å². The number of hydrogen-bond donors (Lipinski definition) is 5. The van der Waals surface area contributed by atoms with Crippen LogP contribution in [0, 0.1) is 11.8 Å². The minimum atomic E-state index is -1.09. The van der Waals surface area contributed by atoms with Gasteiger partial charge in [-0.1, -0.05) is 24.0 Å². The molecule has 178 valence electrons. The van der Waals surface area contributed by atoms with Crippen LogP contribution in [0.4, 0.5) is 0 Å². The van der Waals surface area contributed by atoms with Crippen LogP contribution in [-0.2, 0) is 11.3 Å². The molecule has 0 bridgehead atoms. The zero-order valence-electron chi connectivity index (χ0n) is 18.6. The second-order valence-corrected chi connectivity index (χ2v) is 8.38. The highest BCUT2D eigenvalue weighted by atomic mass is 35.5. The molecule has 2 amide bonds. The number of carbonyl (C=O) groups excluding carboxylic acids is 2. The zero-order chi connectivity index (χ0) is 22.4. The monoisotopic (exact) mass is 492 g/mol. The fourth-order valence-corrected chi connectivity index (χ4v) is 2.97. The molecule has 0 aromatic heterocycles. The van der Waals surface area contributed by atoms with E-state index in [0.29, 0.717) is 11.6 Å². The summed E-state index contributed by atoms with van der Waals surface area (Å²) < 4.78 is 0. The van der Waals surface area contributed by atoms with Gasteiger partial charge in [0.1, 0.15) is 6.04 Å². The molecule has 6 N–H and O–H groups in total. The summed E-state index contributed by atoms with van der Waals surface area (Å²) in [7, 11) is 0. The van der Waals surface area contributed by atoms with Crippen LogP contribution in [0.3, 0.4) is 0 Å². The van der Waals surface area contributed by atoms with Gasteiger partial charge in [-0.2, -0.15) is 0 Å². The van der Waals surface area contributed by atoms with Gasteiger partial charge in [0.2, 0.25) is 0 Å². The number of hydrogen-bond acceptors (Lipinski definition) is 5. The average molecular weight is 493 g/mol. The highest BCUT2D eigenvalue weighted by Crippen LogP contribution is 2.19. The van der Waals surface area contributed by atoms with E-state index < -0.39 is 23.4 Å². The molecule has 0 heterocycles. The van der Waals surface area contributed by atoms with Crippen molar-refractivity contribution in [3.8, 4) is 11.8 Å². The minimum Gasteiger partial charge on any atom is -0.338 e. The van der Waals surface area contributed by atoms with E-state index in [-0.39, 0.29) is 24.8 Å². The number of benzene rings is 2. The van der Waals surface area contributed by atoms with E-state index in [1.54, 1.807) is 38.1 Å². The fraction of sp³-hybridized carbons (Fsp3) is 0.333. The zero-order valence-corrected chi connectivity index (χ0v) is 20.2. The number of nitrogens with one attached hydrogen (secondary N) is 3. The molecular weight excluding hydrogens is 463 g/mol. The number of rotatable bonds is 7. The van der Waals surface area contributed by atoms with Gasteiger partial charge >= 0.3 is 0 Å². The first-order valence-electron chi connectivity index (χ1n) is 10.2. The van der Waals surface area contributed by atoms with Gasteiger partial charge in [0.15, 0.2) is 0 Å². The van der Waals surface area contributed by atoms with E-state index in [1.807, 2.05) is 12.1 Å². The molecule has 0 unspecified atom stereocenters. The Balaban J connectivity index is 0.00000272. The lowest BCUT2D eigenvalue weighted by Gasteiger charge is -2.29. The molecular formula is C24H30Cl2N4O3. The first-order valence-corrected chi connectivity index (χ1v) is 10.2. The van der Waals surface area contributed by atoms with E-state index in [4.69, 9.17) is 10.9 Å². The Morgan fingerprint density at radius 2 is 1.55 bits per heavy atom.